The highest BCUT2D eigenvalue weighted by Gasteiger charge is 2.45. The number of hydrogen-bond acceptors (Lipinski definition) is 27. The summed E-state index contributed by atoms with van der Waals surface area (Å²) in [5.41, 5.74) is 4.02. The van der Waals surface area contributed by atoms with Crippen LogP contribution in [-0.4, -0.2) is 209 Å². The molecule has 4 saturated heterocycles. The van der Waals surface area contributed by atoms with Crippen LogP contribution in [-0.2, 0) is 42.1 Å². The third-order valence-electron chi connectivity index (χ3n) is 23.5. The first-order chi connectivity index (χ1) is 60.7. The van der Waals surface area contributed by atoms with Crippen molar-refractivity contribution in [1.29, 1.82) is 5.26 Å². The zero-order valence-electron chi connectivity index (χ0n) is 69.4. The largest absolute Gasteiger partial charge is 0.496 e. The van der Waals surface area contributed by atoms with Crippen LogP contribution < -0.4 is 46.7 Å². The Morgan fingerprint density at radius 1 is 0.611 bits per heavy atom. The first kappa shape index (κ1) is 84.1. The van der Waals surface area contributed by atoms with Crippen LogP contribution in [0.15, 0.2) is 211 Å². The highest BCUT2D eigenvalue weighted by atomic mass is 19.4. The van der Waals surface area contributed by atoms with E-state index in [-0.39, 0.29) is 64.9 Å². The number of anilines is 8. The van der Waals surface area contributed by atoms with Gasteiger partial charge in [-0.1, -0.05) is 60.7 Å². The normalized spacial score (nSPS) is 19.3. The Hall–Kier alpha value is -14.2. The number of fused-ring (bicyclic) bond motifs is 5. The van der Waals surface area contributed by atoms with Gasteiger partial charge in [0.05, 0.1) is 62.3 Å². The number of aliphatic imine (C=N–C) groups is 6. The highest BCUT2D eigenvalue weighted by Crippen LogP contribution is 2.42. The summed E-state index contributed by atoms with van der Waals surface area (Å²) in [6, 6.07) is 39.5. The van der Waals surface area contributed by atoms with Gasteiger partial charge in [-0.3, -0.25) is 24.2 Å². The Morgan fingerprint density at radius 2 is 1.19 bits per heavy atom. The monoisotopic (exact) mass is 1710 g/mol. The van der Waals surface area contributed by atoms with Crippen molar-refractivity contribution in [3.63, 3.8) is 0 Å². The molecule has 646 valence electrons. The quantitative estimate of drug-likeness (QED) is 0.0276. The van der Waals surface area contributed by atoms with E-state index in [1.807, 2.05) is 65.4 Å². The fraction of sp³-hybridized carbons (Fsp3) is 0.311. The van der Waals surface area contributed by atoms with Crippen molar-refractivity contribution >= 4 is 112 Å². The van der Waals surface area contributed by atoms with E-state index in [9.17, 15) is 46.0 Å². The summed E-state index contributed by atoms with van der Waals surface area (Å²) in [6.07, 6.45) is 2.09. The number of halogens is 6. The predicted molar refractivity (Wildman–Crippen MR) is 468 cm³/mol. The number of piperazine rings is 2. The minimum absolute atomic E-state index is 0.0239. The second kappa shape index (κ2) is 35.2. The molecule has 36 heteroatoms. The number of likely N-dealkylation sites (tertiary alicyclic amines) is 2. The van der Waals surface area contributed by atoms with Crippen molar-refractivity contribution in [3.05, 3.63) is 237 Å². The fourth-order valence-corrected chi connectivity index (χ4v) is 16.4. The summed E-state index contributed by atoms with van der Waals surface area (Å²) in [7, 11) is 4.35. The molecule has 8 aliphatic rings. The second-order valence-corrected chi connectivity index (χ2v) is 32.4. The van der Waals surface area contributed by atoms with E-state index in [2.05, 4.69) is 79.9 Å². The van der Waals surface area contributed by atoms with Crippen LogP contribution in [0.4, 0.5) is 72.2 Å². The lowest BCUT2D eigenvalue weighted by molar-refractivity contribution is -0.139. The molecule has 2 aromatic heterocycles. The van der Waals surface area contributed by atoms with Crippen LogP contribution >= 0.6 is 0 Å². The van der Waals surface area contributed by atoms with Crippen LogP contribution in [0.25, 0.3) is 11.0 Å². The lowest BCUT2D eigenvalue weighted by atomic mass is 9.86. The van der Waals surface area contributed by atoms with Crippen molar-refractivity contribution in [2.24, 2.45) is 35.9 Å². The van der Waals surface area contributed by atoms with Crippen molar-refractivity contribution < 1.29 is 54.9 Å². The number of hydrogen-bond donors (Lipinski definition) is 7. The van der Waals surface area contributed by atoms with Crippen LogP contribution in [0, 0.1) is 24.2 Å². The summed E-state index contributed by atoms with van der Waals surface area (Å²) in [5.74, 6) is -0.296. The number of likely N-dealkylation sites (N-methyl/N-ethyl adjacent to an activating group) is 1. The van der Waals surface area contributed by atoms with Crippen LogP contribution in [0.1, 0.15) is 96.7 Å². The molecule has 30 nitrogen and oxygen atoms in total. The first-order valence-electron chi connectivity index (χ1n) is 41.0. The molecule has 126 heavy (non-hydrogen) atoms. The maximum absolute atomic E-state index is 14.8. The van der Waals surface area contributed by atoms with Gasteiger partial charge in [0, 0.05) is 147 Å². The van der Waals surface area contributed by atoms with E-state index in [1.54, 1.807) is 106 Å². The molecule has 17 rings (SSSR count). The van der Waals surface area contributed by atoms with E-state index in [0.717, 1.165) is 89.7 Å². The third kappa shape index (κ3) is 18.3. The minimum Gasteiger partial charge on any atom is -0.496 e. The zero-order valence-corrected chi connectivity index (χ0v) is 69.4. The maximum Gasteiger partial charge on any atom is 0.420 e. The second-order valence-electron chi connectivity index (χ2n) is 32.4. The number of ether oxygens (including phenoxy) is 3. The topological polar surface area (TPSA) is 332 Å². The molecule has 4 fully saturated rings. The zero-order chi connectivity index (χ0) is 87.7. The van der Waals surface area contributed by atoms with Gasteiger partial charge in [0.1, 0.15) is 52.3 Å². The SMILES string of the molecule is COc1ccc(NC(=O)c2ccc(C)c(NC3=C4N=C(N5CCN(CC6CCOC6)CC5)N=CC4N(Cc4ccc(C(=O)Nc5ccc(OC)c(C(F)(F)F)c5)cc4NC4=C5N=C(N6C[C@H]7C[C@@H]6CN7C)N=CC5N(Cc5ccc(C(=O)Nc6cccc(C(C)(C)C#N)c6)cc5Nc5ncnc6cnc(NCc7ccccc7)nc56)C=N4)C=N3)c2)cc1C(F)(F)F. The number of amides is 3. The Balaban J connectivity index is 0.726. The molecule has 0 radical (unpaired) electrons. The Labute approximate surface area is 720 Å². The van der Waals surface area contributed by atoms with Gasteiger partial charge < -0.3 is 71.0 Å². The molecule has 7 aromatic carbocycles. The number of benzene rings is 7. The molecule has 10 heterocycles. The van der Waals surface area contributed by atoms with Crippen molar-refractivity contribution in [1.82, 2.24) is 49.3 Å². The van der Waals surface area contributed by atoms with Crippen molar-refractivity contribution in [2.45, 2.75) is 95.2 Å². The number of nitriles is 1. The van der Waals surface area contributed by atoms with E-state index in [4.69, 9.17) is 54.1 Å². The van der Waals surface area contributed by atoms with E-state index < -0.39 is 70.2 Å². The molecule has 0 saturated carbocycles. The van der Waals surface area contributed by atoms with Crippen LogP contribution in [0.5, 0.6) is 11.5 Å². The standard InChI is InChI=1S/C90H88F6N24O6/c1-52-15-16-55(82(121)107-62-21-23-74(124-5)66(35-62)89(91,92)93)31-68(52)109-80-77-72(40-100-86(113-77)117-28-26-116(27-29-117)42-54-25-30-126-47-54)118(50-104-80)44-59-20-18-57(84(123)108-63-22-24-75(125-6)67(36-63)90(94,95)96)33-70(59)111-81-78-73(41-101-87(114-78)120-46-64-37-65(120)45-115(64)4)119(51-105-81)43-58-19-17-56(83(122)106-61-14-10-13-60(34-61)88(2,3)48-97)32-69(58)110-79-76-71(102-49-103-79)39-99-85(112-76)98-38-53-11-8-7-9-12-53/h7-24,31-36,39-41,49-51,54,64-65,72-73,109,111H,25-30,37-38,42-47H2,1-6H3,(H,106,122)(H,107,121)(H,108,123)(H,98,99,112)(H,102,103,110)/t54?,64-,65-,72?,73?/m1/s1. The lowest BCUT2D eigenvalue weighted by Crippen LogP contribution is -2.51. The molecule has 3 amide bonds. The van der Waals surface area contributed by atoms with Gasteiger partial charge in [-0.15, -0.1) is 0 Å². The average molecular weight is 1720 g/mol. The maximum atomic E-state index is 14.8. The lowest BCUT2D eigenvalue weighted by Gasteiger charge is -2.38. The van der Waals surface area contributed by atoms with Crippen LogP contribution in [0.2, 0.25) is 0 Å². The average Bonchev–Trinajstić information content (AvgIpc) is 1.42. The van der Waals surface area contributed by atoms with Gasteiger partial charge in [0.2, 0.25) is 17.9 Å². The molecule has 0 aliphatic carbocycles. The molecular formula is C90H88F6N24O6. The minimum atomic E-state index is -4.84. The summed E-state index contributed by atoms with van der Waals surface area (Å²) < 4.78 is 102. The summed E-state index contributed by atoms with van der Waals surface area (Å²) >= 11 is 0. The Kier molecular flexibility index (Phi) is 23.5. The van der Waals surface area contributed by atoms with Gasteiger partial charge in [-0.2, -0.15) is 31.6 Å². The molecule has 9 aromatic rings. The molecule has 7 N–H and O–H groups in total. The number of alkyl halides is 6. The van der Waals surface area contributed by atoms with E-state index in [1.165, 1.54) is 18.5 Å². The number of carbonyl (C=O) groups excluding carboxylic acids is 3. The number of aryl methyl sites for hydroxylation is 1. The number of rotatable bonds is 24. The Bertz CT molecular complexity index is 6050. The number of carbonyl (C=O) groups is 3. The molecule has 8 aliphatic heterocycles. The number of methoxy groups -OCH3 is 2. The van der Waals surface area contributed by atoms with E-state index in [0.29, 0.717) is 130 Å². The molecule has 0 spiro atoms. The Morgan fingerprint density at radius 3 is 1.76 bits per heavy atom. The fourth-order valence-electron chi connectivity index (χ4n) is 16.4. The molecule has 2 bridgehead atoms. The first-order valence-corrected chi connectivity index (χ1v) is 41.0. The molecular weight excluding hydrogens is 1630 g/mol. The van der Waals surface area contributed by atoms with Crippen molar-refractivity contribution in [2.75, 3.05) is 118 Å². The van der Waals surface area contributed by atoms with E-state index >= 15 is 0 Å². The summed E-state index contributed by atoms with van der Waals surface area (Å²) in [5, 5.41) is 32.2. The number of guanidine groups is 2. The van der Waals surface area contributed by atoms with Gasteiger partial charge in [-0.25, -0.2) is 49.9 Å². The van der Waals surface area contributed by atoms with Gasteiger partial charge >= 0.3 is 12.4 Å². The number of nitrogens with zero attached hydrogens (tertiary/aromatic N) is 17. The van der Waals surface area contributed by atoms with Crippen molar-refractivity contribution in [3.8, 4) is 17.6 Å². The third-order valence-corrected chi connectivity index (χ3v) is 23.5. The summed E-state index contributed by atoms with van der Waals surface area (Å²) in [4.78, 5) is 106. The number of nitrogens with one attached hydrogen (secondary N) is 7. The van der Waals surface area contributed by atoms with Gasteiger partial charge in [-0.05, 0) is 159 Å². The molecule has 5 atom stereocenters. The van der Waals surface area contributed by atoms with Crippen LogP contribution in [0.3, 0.4) is 0 Å². The van der Waals surface area contributed by atoms with Gasteiger partial charge in [0.15, 0.2) is 17.5 Å². The summed E-state index contributed by atoms with van der Waals surface area (Å²) in [6.45, 7) is 12.4. The number of aromatic nitrogens is 4. The smallest absolute Gasteiger partial charge is 0.420 e. The highest BCUT2D eigenvalue weighted by molar-refractivity contribution is 6.07. The predicted octanol–water partition coefficient (Wildman–Crippen LogP) is 13.6. The molecule has 3 unspecified atom stereocenters. The van der Waals surface area contributed by atoms with Gasteiger partial charge in [0.25, 0.3) is 17.7 Å².